The highest BCUT2D eigenvalue weighted by Crippen LogP contribution is 2.24. The van der Waals surface area contributed by atoms with Gasteiger partial charge in [-0.3, -0.25) is 9.52 Å². The van der Waals surface area contributed by atoms with Crippen LogP contribution in [0.1, 0.15) is 24.5 Å². The largest absolute Gasteiger partial charge is 0.322 e. The first-order chi connectivity index (χ1) is 12.7. The summed E-state index contributed by atoms with van der Waals surface area (Å²) in [6.07, 6.45) is 3.10. The minimum atomic E-state index is -3.43. The molecule has 1 amide bonds. The molecule has 0 aliphatic rings. The number of anilines is 2. The summed E-state index contributed by atoms with van der Waals surface area (Å²) in [5.41, 5.74) is 1.74. The summed E-state index contributed by atoms with van der Waals surface area (Å²) in [6.45, 7) is 3.49. The first kappa shape index (κ1) is 21.1. The molecule has 2 aromatic carbocycles. The molecule has 0 aliphatic heterocycles. The predicted octanol–water partition coefficient (Wildman–Crippen LogP) is 4.70. The fourth-order valence-electron chi connectivity index (χ4n) is 2.35. The van der Waals surface area contributed by atoms with E-state index in [1.165, 1.54) is 18.2 Å². The van der Waals surface area contributed by atoms with Gasteiger partial charge in [-0.2, -0.15) is 0 Å². The predicted molar refractivity (Wildman–Crippen MR) is 111 cm³/mol. The molecule has 144 valence electrons. The Morgan fingerprint density at radius 1 is 1.22 bits per heavy atom. The molecule has 0 atom stereocenters. The van der Waals surface area contributed by atoms with E-state index in [2.05, 4.69) is 26.0 Å². The molecule has 0 unspecified atom stereocenters. The third-order valence-electron chi connectivity index (χ3n) is 3.70. The topological polar surface area (TPSA) is 75.3 Å². The number of hydrogen-bond donors (Lipinski definition) is 2. The van der Waals surface area contributed by atoms with Crippen LogP contribution in [0.5, 0.6) is 0 Å². The normalized spacial score (nSPS) is 11.6. The SMILES string of the molecule is CCCS(=O)(=O)Nc1cccc(NC(=O)/C=C/c2cc(Br)ccc2F)c1C. The van der Waals surface area contributed by atoms with Crippen molar-refractivity contribution in [3.63, 3.8) is 0 Å². The van der Waals surface area contributed by atoms with E-state index in [-0.39, 0.29) is 11.3 Å². The molecule has 0 saturated heterocycles. The maximum atomic E-state index is 13.7. The van der Waals surface area contributed by atoms with Gasteiger partial charge >= 0.3 is 0 Å². The van der Waals surface area contributed by atoms with Crippen LogP contribution in [-0.4, -0.2) is 20.1 Å². The van der Waals surface area contributed by atoms with Crippen LogP contribution in [0.4, 0.5) is 15.8 Å². The molecular weight excluding hydrogens is 435 g/mol. The summed E-state index contributed by atoms with van der Waals surface area (Å²) < 4.78 is 40.8. The van der Waals surface area contributed by atoms with Crippen molar-refractivity contribution >= 4 is 49.3 Å². The third-order valence-corrected chi connectivity index (χ3v) is 5.67. The van der Waals surface area contributed by atoms with Crippen molar-refractivity contribution in [3.8, 4) is 0 Å². The fraction of sp³-hybridized carbons (Fsp3) is 0.211. The van der Waals surface area contributed by atoms with Gasteiger partial charge < -0.3 is 5.32 Å². The molecular formula is C19H20BrFN2O3S. The summed E-state index contributed by atoms with van der Waals surface area (Å²) in [6, 6.07) is 9.37. The van der Waals surface area contributed by atoms with Crippen molar-refractivity contribution < 1.29 is 17.6 Å². The van der Waals surface area contributed by atoms with Crippen molar-refractivity contribution in [3.05, 3.63) is 63.9 Å². The second kappa shape index (κ2) is 9.14. The first-order valence-corrected chi connectivity index (χ1v) is 10.7. The van der Waals surface area contributed by atoms with Gasteiger partial charge in [0.15, 0.2) is 0 Å². The van der Waals surface area contributed by atoms with E-state index in [0.717, 1.165) is 0 Å². The molecule has 2 N–H and O–H groups in total. The highest BCUT2D eigenvalue weighted by Gasteiger charge is 2.13. The van der Waals surface area contributed by atoms with E-state index in [9.17, 15) is 17.6 Å². The lowest BCUT2D eigenvalue weighted by atomic mass is 10.1. The molecule has 8 heteroatoms. The smallest absolute Gasteiger partial charge is 0.248 e. The van der Waals surface area contributed by atoms with Crippen LogP contribution in [-0.2, 0) is 14.8 Å². The number of halogens is 2. The molecule has 0 heterocycles. The van der Waals surface area contributed by atoms with E-state index in [1.807, 2.05) is 0 Å². The number of benzene rings is 2. The van der Waals surface area contributed by atoms with E-state index < -0.39 is 21.7 Å². The number of carbonyl (C=O) groups excluding carboxylic acids is 1. The van der Waals surface area contributed by atoms with Gasteiger partial charge in [0.25, 0.3) is 0 Å². The van der Waals surface area contributed by atoms with E-state index >= 15 is 0 Å². The Labute approximate surface area is 166 Å². The quantitative estimate of drug-likeness (QED) is 0.595. The van der Waals surface area contributed by atoms with Gasteiger partial charge in [0.1, 0.15) is 5.82 Å². The zero-order valence-corrected chi connectivity index (χ0v) is 17.3. The van der Waals surface area contributed by atoms with Gasteiger partial charge in [0.05, 0.1) is 11.4 Å². The Morgan fingerprint density at radius 2 is 1.93 bits per heavy atom. The van der Waals surface area contributed by atoms with E-state index in [4.69, 9.17) is 0 Å². The lowest BCUT2D eigenvalue weighted by Crippen LogP contribution is -2.17. The van der Waals surface area contributed by atoms with Gasteiger partial charge in [0.2, 0.25) is 15.9 Å². The van der Waals surface area contributed by atoms with Gasteiger partial charge in [-0.05, 0) is 55.3 Å². The van der Waals surface area contributed by atoms with Crippen molar-refractivity contribution in [2.45, 2.75) is 20.3 Å². The number of amides is 1. The Balaban J connectivity index is 2.15. The fourth-order valence-corrected chi connectivity index (χ4v) is 3.93. The van der Waals surface area contributed by atoms with Crippen molar-refractivity contribution in [2.75, 3.05) is 15.8 Å². The second-order valence-corrected chi connectivity index (χ2v) is 8.65. The molecule has 0 radical (unpaired) electrons. The van der Waals surface area contributed by atoms with Gasteiger partial charge in [-0.15, -0.1) is 0 Å². The molecule has 0 aromatic heterocycles. The number of hydrogen-bond acceptors (Lipinski definition) is 3. The third kappa shape index (κ3) is 6.18. The summed E-state index contributed by atoms with van der Waals surface area (Å²) in [5, 5.41) is 2.68. The molecule has 0 fully saturated rings. The maximum absolute atomic E-state index is 13.7. The highest BCUT2D eigenvalue weighted by atomic mass is 79.9. The Kier molecular flexibility index (Phi) is 7.15. The summed E-state index contributed by atoms with van der Waals surface area (Å²) in [5.74, 6) is -0.874. The van der Waals surface area contributed by atoms with Crippen molar-refractivity contribution in [1.29, 1.82) is 0 Å². The average Bonchev–Trinajstić information content (AvgIpc) is 2.59. The Morgan fingerprint density at radius 3 is 2.63 bits per heavy atom. The molecule has 0 spiro atoms. The monoisotopic (exact) mass is 454 g/mol. The summed E-state index contributed by atoms with van der Waals surface area (Å²) in [7, 11) is -3.43. The highest BCUT2D eigenvalue weighted by molar-refractivity contribution is 9.10. The zero-order valence-electron chi connectivity index (χ0n) is 14.9. The van der Waals surface area contributed by atoms with Gasteiger partial charge in [0, 0.05) is 21.8 Å². The van der Waals surface area contributed by atoms with E-state index in [1.54, 1.807) is 44.2 Å². The van der Waals surface area contributed by atoms with Gasteiger partial charge in [-0.25, -0.2) is 12.8 Å². The molecule has 0 saturated carbocycles. The van der Waals surface area contributed by atoms with Crippen LogP contribution in [0, 0.1) is 12.7 Å². The number of sulfonamides is 1. The Bertz CT molecular complexity index is 975. The van der Waals surface area contributed by atoms with Gasteiger partial charge in [-0.1, -0.05) is 28.9 Å². The number of carbonyl (C=O) groups is 1. The van der Waals surface area contributed by atoms with Crippen LogP contribution in [0.3, 0.4) is 0 Å². The first-order valence-electron chi connectivity index (χ1n) is 8.26. The van der Waals surface area contributed by atoms with Crippen LogP contribution in [0.2, 0.25) is 0 Å². The molecule has 0 aliphatic carbocycles. The standard InChI is InChI=1S/C19H20BrFN2O3S/c1-3-11-27(25,26)23-18-6-4-5-17(13(18)2)22-19(24)10-7-14-12-15(20)8-9-16(14)21/h4-10,12,23H,3,11H2,1-2H3,(H,22,24)/b10-7+. The van der Waals surface area contributed by atoms with Crippen molar-refractivity contribution in [2.24, 2.45) is 0 Å². The lowest BCUT2D eigenvalue weighted by molar-refractivity contribution is -0.111. The van der Waals surface area contributed by atoms with Crippen molar-refractivity contribution in [1.82, 2.24) is 0 Å². The lowest BCUT2D eigenvalue weighted by Gasteiger charge is -2.13. The van der Waals surface area contributed by atoms with Crippen LogP contribution in [0.15, 0.2) is 46.9 Å². The van der Waals surface area contributed by atoms with Crippen LogP contribution >= 0.6 is 15.9 Å². The summed E-state index contributed by atoms with van der Waals surface area (Å²) in [4.78, 5) is 12.2. The number of nitrogens with one attached hydrogen (secondary N) is 2. The summed E-state index contributed by atoms with van der Waals surface area (Å²) >= 11 is 3.25. The molecule has 2 rings (SSSR count). The number of rotatable bonds is 7. The van der Waals surface area contributed by atoms with Crippen LogP contribution in [0.25, 0.3) is 6.08 Å². The van der Waals surface area contributed by atoms with E-state index in [0.29, 0.717) is 27.8 Å². The minimum absolute atomic E-state index is 0.0178. The Hall–Kier alpha value is -2.19. The molecule has 27 heavy (non-hydrogen) atoms. The minimum Gasteiger partial charge on any atom is -0.322 e. The molecule has 0 bridgehead atoms. The second-order valence-electron chi connectivity index (χ2n) is 5.89. The zero-order chi connectivity index (χ0) is 20.0. The maximum Gasteiger partial charge on any atom is 0.248 e. The molecule has 2 aromatic rings. The average molecular weight is 455 g/mol. The molecule has 5 nitrogen and oxygen atoms in total. The van der Waals surface area contributed by atoms with Crippen LogP contribution < -0.4 is 10.0 Å².